The van der Waals surface area contributed by atoms with E-state index in [1.807, 2.05) is 0 Å². The van der Waals surface area contributed by atoms with Gasteiger partial charge in [-0.05, 0) is 12.1 Å². The van der Waals surface area contributed by atoms with Gasteiger partial charge in [0.1, 0.15) is 11.9 Å². The Labute approximate surface area is 110 Å². The summed E-state index contributed by atoms with van der Waals surface area (Å²) < 4.78 is 33.4. The van der Waals surface area contributed by atoms with Crippen LogP contribution in [-0.2, 0) is 14.6 Å². The van der Waals surface area contributed by atoms with Crippen molar-refractivity contribution >= 4 is 21.6 Å². The molecule has 0 aromatic heterocycles. The van der Waals surface area contributed by atoms with Crippen LogP contribution >= 0.6 is 0 Å². The normalized spacial score (nSPS) is 28.1. The Morgan fingerprint density at radius 3 is 2.89 bits per heavy atom. The summed E-state index contributed by atoms with van der Waals surface area (Å²) in [5.41, 5.74) is 0.592. The lowest BCUT2D eigenvalue weighted by atomic mass is 10.2. The molecular weight excluding hydrogens is 270 g/mol. The minimum atomic E-state index is -3.14. The third kappa shape index (κ3) is 2.03. The first-order valence-corrected chi connectivity index (χ1v) is 7.66. The number of benzene rings is 1. The maximum atomic E-state index is 11.9. The van der Waals surface area contributed by atoms with Gasteiger partial charge in [-0.25, -0.2) is 13.2 Å². The lowest BCUT2D eigenvalue weighted by molar-refractivity contribution is 0.147. The fourth-order valence-corrected chi connectivity index (χ4v) is 4.34. The number of anilines is 1. The van der Waals surface area contributed by atoms with E-state index < -0.39 is 28.1 Å². The molecule has 0 N–H and O–H groups in total. The van der Waals surface area contributed by atoms with Gasteiger partial charge in [0.05, 0.1) is 30.3 Å². The standard InChI is InChI=1S/C12H13NO5S/c1-17-9-4-2-3-8(5-9)13-10-6-19(15,16)7-11(10)18-12(13)14/h2-5,10-11H,6-7H2,1H3/t10-,11-/m0/s1. The summed E-state index contributed by atoms with van der Waals surface area (Å²) in [6, 6.07) is 6.49. The van der Waals surface area contributed by atoms with Crippen molar-refractivity contribution < 1.29 is 22.7 Å². The molecule has 2 aliphatic heterocycles. The van der Waals surface area contributed by atoms with Crippen molar-refractivity contribution in [1.29, 1.82) is 0 Å². The minimum absolute atomic E-state index is 0.0549. The zero-order valence-corrected chi connectivity index (χ0v) is 11.1. The van der Waals surface area contributed by atoms with Crippen molar-refractivity contribution in [2.45, 2.75) is 12.1 Å². The van der Waals surface area contributed by atoms with Gasteiger partial charge in [-0.15, -0.1) is 0 Å². The predicted molar refractivity (Wildman–Crippen MR) is 68.2 cm³/mol. The molecule has 0 aliphatic carbocycles. The van der Waals surface area contributed by atoms with Crippen molar-refractivity contribution in [1.82, 2.24) is 0 Å². The number of ether oxygens (including phenoxy) is 2. The van der Waals surface area contributed by atoms with Crippen LogP contribution in [-0.4, -0.2) is 45.3 Å². The summed E-state index contributed by atoms with van der Waals surface area (Å²) in [5, 5.41) is 0. The summed E-state index contributed by atoms with van der Waals surface area (Å²) in [4.78, 5) is 13.3. The monoisotopic (exact) mass is 283 g/mol. The fraction of sp³-hybridized carbons (Fsp3) is 0.417. The summed E-state index contributed by atoms with van der Waals surface area (Å²) >= 11 is 0. The smallest absolute Gasteiger partial charge is 0.415 e. The Morgan fingerprint density at radius 1 is 1.37 bits per heavy atom. The molecule has 7 heteroatoms. The molecule has 3 rings (SSSR count). The molecule has 2 heterocycles. The third-order valence-electron chi connectivity index (χ3n) is 3.38. The molecule has 6 nitrogen and oxygen atoms in total. The summed E-state index contributed by atoms with van der Waals surface area (Å²) in [5.74, 6) is 0.458. The van der Waals surface area contributed by atoms with Gasteiger partial charge in [-0.1, -0.05) is 6.07 Å². The number of nitrogens with zero attached hydrogens (tertiary/aromatic N) is 1. The van der Waals surface area contributed by atoms with E-state index in [4.69, 9.17) is 9.47 Å². The second kappa shape index (κ2) is 4.12. The van der Waals surface area contributed by atoms with E-state index in [0.29, 0.717) is 11.4 Å². The Morgan fingerprint density at radius 2 is 2.16 bits per heavy atom. The van der Waals surface area contributed by atoms with Crippen LogP contribution in [0, 0.1) is 0 Å². The SMILES string of the molecule is COc1cccc(N2C(=O)O[C@H]3CS(=O)(=O)C[C@@H]32)c1. The minimum Gasteiger partial charge on any atom is -0.497 e. The molecule has 0 radical (unpaired) electrons. The van der Waals surface area contributed by atoms with Gasteiger partial charge in [0.15, 0.2) is 9.84 Å². The van der Waals surface area contributed by atoms with Crippen LogP contribution in [0.1, 0.15) is 0 Å². The quantitative estimate of drug-likeness (QED) is 0.803. The average molecular weight is 283 g/mol. The van der Waals surface area contributed by atoms with Gasteiger partial charge < -0.3 is 9.47 Å². The molecule has 1 aromatic rings. The number of carbonyl (C=O) groups excluding carboxylic acids is 1. The molecule has 2 atom stereocenters. The largest absolute Gasteiger partial charge is 0.497 e. The average Bonchev–Trinajstić information content (AvgIpc) is 2.79. The molecule has 102 valence electrons. The Hall–Kier alpha value is -1.76. The van der Waals surface area contributed by atoms with E-state index in [-0.39, 0.29) is 11.5 Å². The van der Waals surface area contributed by atoms with Crippen molar-refractivity contribution in [2.24, 2.45) is 0 Å². The second-order valence-corrected chi connectivity index (χ2v) is 6.79. The summed E-state index contributed by atoms with van der Waals surface area (Å²) in [6.07, 6.45) is -1.07. The van der Waals surface area contributed by atoms with Crippen LogP contribution in [0.25, 0.3) is 0 Å². The van der Waals surface area contributed by atoms with Crippen molar-refractivity contribution in [2.75, 3.05) is 23.5 Å². The Kier molecular flexibility index (Phi) is 2.67. The van der Waals surface area contributed by atoms with Gasteiger partial charge in [-0.3, -0.25) is 4.90 Å². The molecule has 1 amide bonds. The van der Waals surface area contributed by atoms with Gasteiger partial charge in [-0.2, -0.15) is 0 Å². The zero-order chi connectivity index (χ0) is 13.6. The van der Waals surface area contributed by atoms with E-state index >= 15 is 0 Å². The number of hydrogen-bond acceptors (Lipinski definition) is 5. The molecule has 0 spiro atoms. The zero-order valence-electron chi connectivity index (χ0n) is 10.3. The van der Waals surface area contributed by atoms with E-state index in [1.165, 1.54) is 12.0 Å². The Balaban J connectivity index is 1.97. The molecular formula is C12H13NO5S. The lowest BCUT2D eigenvalue weighted by Crippen LogP contribution is -2.36. The predicted octanol–water partition coefficient (Wildman–Crippen LogP) is 0.817. The number of rotatable bonds is 2. The highest BCUT2D eigenvalue weighted by Crippen LogP contribution is 2.34. The number of methoxy groups -OCH3 is 1. The first kappa shape index (κ1) is 12.3. The third-order valence-corrected chi connectivity index (χ3v) is 5.07. The van der Waals surface area contributed by atoms with Crippen LogP contribution in [0.15, 0.2) is 24.3 Å². The molecule has 1 aromatic carbocycles. The topological polar surface area (TPSA) is 72.9 Å². The van der Waals surface area contributed by atoms with E-state index in [2.05, 4.69) is 0 Å². The summed E-state index contributed by atoms with van der Waals surface area (Å²) in [6.45, 7) is 0. The fourth-order valence-electron chi connectivity index (χ4n) is 2.53. The number of fused-ring (bicyclic) bond motifs is 1. The van der Waals surface area contributed by atoms with E-state index in [9.17, 15) is 13.2 Å². The van der Waals surface area contributed by atoms with Gasteiger partial charge in [0.25, 0.3) is 0 Å². The van der Waals surface area contributed by atoms with Gasteiger partial charge in [0.2, 0.25) is 0 Å². The first-order valence-electron chi connectivity index (χ1n) is 5.84. The number of amides is 1. The summed E-state index contributed by atoms with van der Waals surface area (Å²) in [7, 11) is -1.60. The van der Waals surface area contributed by atoms with Crippen molar-refractivity contribution in [3.8, 4) is 5.75 Å². The first-order chi connectivity index (χ1) is 9.00. The molecule has 19 heavy (non-hydrogen) atoms. The van der Waals surface area contributed by atoms with E-state index in [0.717, 1.165) is 0 Å². The maximum absolute atomic E-state index is 11.9. The van der Waals surface area contributed by atoms with Gasteiger partial charge in [0, 0.05) is 6.07 Å². The highest BCUT2D eigenvalue weighted by molar-refractivity contribution is 7.91. The molecule has 0 saturated carbocycles. The molecule has 2 aliphatic rings. The van der Waals surface area contributed by atoms with Crippen LogP contribution in [0.5, 0.6) is 5.75 Å². The second-order valence-electron chi connectivity index (χ2n) is 4.64. The number of sulfone groups is 1. The Bertz CT molecular complexity index is 627. The number of hydrogen-bond donors (Lipinski definition) is 0. The lowest BCUT2D eigenvalue weighted by Gasteiger charge is -2.19. The highest BCUT2D eigenvalue weighted by atomic mass is 32.2. The molecule has 2 saturated heterocycles. The van der Waals surface area contributed by atoms with Crippen LogP contribution < -0.4 is 9.64 Å². The van der Waals surface area contributed by atoms with Gasteiger partial charge >= 0.3 is 6.09 Å². The van der Waals surface area contributed by atoms with Crippen LogP contribution in [0.3, 0.4) is 0 Å². The molecule has 0 bridgehead atoms. The number of carbonyl (C=O) groups is 1. The highest BCUT2D eigenvalue weighted by Gasteiger charge is 2.51. The van der Waals surface area contributed by atoms with E-state index in [1.54, 1.807) is 24.3 Å². The van der Waals surface area contributed by atoms with Crippen LogP contribution in [0.2, 0.25) is 0 Å². The van der Waals surface area contributed by atoms with Crippen molar-refractivity contribution in [3.05, 3.63) is 24.3 Å². The van der Waals surface area contributed by atoms with Crippen molar-refractivity contribution in [3.63, 3.8) is 0 Å². The maximum Gasteiger partial charge on any atom is 0.415 e. The molecule has 2 fully saturated rings. The van der Waals surface area contributed by atoms with Crippen LogP contribution in [0.4, 0.5) is 10.5 Å². The molecule has 0 unspecified atom stereocenters.